The number of esters is 1. The number of anilines is 1. The van der Waals surface area contributed by atoms with Gasteiger partial charge in [-0.1, -0.05) is 26.7 Å². The third-order valence-corrected chi connectivity index (χ3v) is 6.25. The van der Waals surface area contributed by atoms with E-state index in [1.54, 1.807) is 23.6 Å². The molecule has 158 valence electrons. The molecule has 2 aliphatic rings. The van der Waals surface area contributed by atoms with Crippen LogP contribution in [0.15, 0.2) is 18.5 Å². The number of carbonyl (C=O) groups is 1. The highest BCUT2D eigenvalue weighted by Gasteiger charge is 2.82. The molecular formula is C20H28N4O5. The quantitative estimate of drug-likeness (QED) is 0.586. The minimum atomic E-state index is -1.64. The second-order valence-corrected chi connectivity index (χ2v) is 8.23. The highest BCUT2D eigenvalue weighted by molar-refractivity contribution is 5.73. The second kappa shape index (κ2) is 6.93. The van der Waals surface area contributed by atoms with Gasteiger partial charge < -0.3 is 25.4 Å². The molecule has 1 saturated heterocycles. The molecule has 4 rings (SSSR count). The van der Waals surface area contributed by atoms with Crippen LogP contribution in [0.1, 0.15) is 52.1 Å². The van der Waals surface area contributed by atoms with Crippen molar-refractivity contribution in [3.05, 3.63) is 24.2 Å². The van der Waals surface area contributed by atoms with Crippen LogP contribution in [-0.2, 0) is 19.9 Å². The summed E-state index contributed by atoms with van der Waals surface area (Å²) in [5.41, 5.74) is 4.12. The zero-order chi connectivity index (χ0) is 21.0. The summed E-state index contributed by atoms with van der Waals surface area (Å²) in [4.78, 5) is 16.5. The third-order valence-electron chi connectivity index (χ3n) is 6.25. The van der Waals surface area contributed by atoms with E-state index < -0.39 is 29.5 Å². The van der Waals surface area contributed by atoms with Crippen LogP contribution < -0.4 is 5.73 Å². The number of aliphatic hydroxyl groups is 2. The molecule has 3 heterocycles. The van der Waals surface area contributed by atoms with Crippen LogP contribution in [0.4, 0.5) is 5.82 Å². The van der Waals surface area contributed by atoms with Crippen LogP contribution in [0.5, 0.6) is 0 Å². The Morgan fingerprint density at radius 2 is 2.07 bits per heavy atom. The van der Waals surface area contributed by atoms with E-state index in [9.17, 15) is 15.0 Å². The fourth-order valence-electron chi connectivity index (χ4n) is 4.55. The lowest BCUT2D eigenvalue weighted by molar-refractivity contribution is -0.168. The van der Waals surface area contributed by atoms with Crippen molar-refractivity contribution < 1.29 is 24.5 Å². The van der Waals surface area contributed by atoms with Gasteiger partial charge in [-0.25, -0.2) is 9.50 Å². The predicted octanol–water partition coefficient (Wildman–Crippen LogP) is 1.16. The summed E-state index contributed by atoms with van der Waals surface area (Å²) in [6.07, 6.45) is 1.58. The molecule has 0 radical (unpaired) electrons. The lowest BCUT2D eigenvalue weighted by Crippen LogP contribution is -2.46. The first kappa shape index (κ1) is 20.1. The van der Waals surface area contributed by atoms with Gasteiger partial charge in [0.15, 0.2) is 17.5 Å². The van der Waals surface area contributed by atoms with Gasteiger partial charge in [0, 0.05) is 0 Å². The average molecular weight is 404 g/mol. The van der Waals surface area contributed by atoms with E-state index in [0.29, 0.717) is 17.0 Å². The summed E-state index contributed by atoms with van der Waals surface area (Å²) in [6.45, 7) is 5.72. The Morgan fingerprint density at radius 3 is 2.66 bits per heavy atom. The Morgan fingerprint density at radius 1 is 1.38 bits per heavy atom. The lowest BCUT2D eigenvalue weighted by Gasteiger charge is -2.32. The molecule has 0 amide bonds. The third kappa shape index (κ3) is 2.83. The Kier molecular flexibility index (Phi) is 4.79. The van der Waals surface area contributed by atoms with Gasteiger partial charge >= 0.3 is 5.97 Å². The first-order chi connectivity index (χ1) is 13.8. The second-order valence-electron chi connectivity index (χ2n) is 8.23. The Bertz CT molecular complexity index is 927. The number of nitrogen functional groups attached to an aromatic ring is 1. The van der Waals surface area contributed by atoms with Gasteiger partial charge in [0.25, 0.3) is 0 Å². The van der Waals surface area contributed by atoms with Crippen LogP contribution >= 0.6 is 0 Å². The zero-order valence-corrected chi connectivity index (χ0v) is 16.9. The number of ether oxygens (including phenoxy) is 2. The first-order valence-corrected chi connectivity index (χ1v) is 10.2. The minimum Gasteiger partial charge on any atom is -0.456 e. The predicted molar refractivity (Wildman–Crippen MR) is 104 cm³/mol. The molecule has 0 bridgehead atoms. The summed E-state index contributed by atoms with van der Waals surface area (Å²) >= 11 is 0. The molecule has 2 fully saturated rings. The van der Waals surface area contributed by atoms with Crippen molar-refractivity contribution in [3.8, 4) is 0 Å². The monoisotopic (exact) mass is 404 g/mol. The largest absolute Gasteiger partial charge is 0.456 e. The fourth-order valence-corrected chi connectivity index (χ4v) is 4.55. The van der Waals surface area contributed by atoms with Crippen LogP contribution in [0.25, 0.3) is 5.52 Å². The SMILES string of the molecule is CCCC(CCC)C(=O)OC1[C@H]2O[C@@](C)(c3ccc4c(N)ncnn34)[C@H](O)[C@@]12O. The standard InChI is InChI=1S/C20H28N4O5/c1-4-6-11(7-5-2)17(25)28-14-15-20(14,27)18(26)19(3,29-15)13-9-8-12-16(21)22-10-23-24(12)13/h8-11,14-15,18,26-27H,4-7H2,1-3H3,(H2,21,22,23)/t14?,15-,18+,19+,20-/m1/s1. The molecule has 1 aliphatic heterocycles. The smallest absolute Gasteiger partial charge is 0.309 e. The van der Waals surface area contributed by atoms with E-state index in [-0.39, 0.29) is 11.9 Å². The maximum absolute atomic E-state index is 12.6. The summed E-state index contributed by atoms with van der Waals surface area (Å²) < 4.78 is 13.1. The first-order valence-electron chi connectivity index (χ1n) is 10.2. The van der Waals surface area contributed by atoms with Gasteiger partial charge in [-0.2, -0.15) is 5.10 Å². The molecule has 29 heavy (non-hydrogen) atoms. The van der Waals surface area contributed by atoms with Crippen molar-refractivity contribution in [1.82, 2.24) is 14.6 Å². The number of rotatable bonds is 7. The normalized spacial score (nSPS) is 33.2. The van der Waals surface area contributed by atoms with Gasteiger partial charge in [0.2, 0.25) is 0 Å². The molecule has 9 nitrogen and oxygen atoms in total. The number of nitrogens with two attached hydrogens (primary N) is 1. The number of hydrogen-bond acceptors (Lipinski definition) is 8. The minimum absolute atomic E-state index is 0.201. The van der Waals surface area contributed by atoms with Crippen molar-refractivity contribution in [3.63, 3.8) is 0 Å². The number of hydrogen-bond donors (Lipinski definition) is 3. The van der Waals surface area contributed by atoms with Gasteiger partial charge in [0.05, 0.1) is 11.6 Å². The Balaban J connectivity index is 1.54. The van der Waals surface area contributed by atoms with E-state index in [1.807, 2.05) is 13.8 Å². The summed E-state index contributed by atoms with van der Waals surface area (Å²) in [6, 6.07) is 3.47. The number of fused-ring (bicyclic) bond motifs is 2. The highest BCUT2D eigenvalue weighted by Crippen LogP contribution is 2.59. The maximum Gasteiger partial charge on any atom is 0.309 e. The fraction of sp³-hybridized carbons (Fsp3) is 0.650. The molecule has 0 spiro atoms. The van der Waals surface area contributed by atoms with E-state index >= 15 is 0 Å². The van der Waals surface area contributed by atoms with Gasteiger partial charge in [-0.3, -0.25) is 4.79 Å². The van der Waals surface area contributed by atoms with Gasteiger partial charge in [-0.15, -0.1) is 0 Å². The molecule has 1 saturated carbocycles. The maximum atomic E-state index is 12.6. The number of aliphatic hydroxyl groups excluding tert-OH is 1. The molecule has 1 aliphatic carbocycles. The lowest BCUT2D eigenvalue weighted by atomic mass is 9.91. The van der Waals surface area contributed by atoms with E-state index in [2.05, 4.69) is 10.1 Å². The molecule has 9 heteroatoms. The number of aromatic nitrogens is 3. The van der Waals surface area contributed by atoms with Gasteiger partial charge in [0.1, 0.15) is 29.7 Å². The highest BCUT2D eigenvalue weighted by atomic mass is 16.6. The number of nitrogens with zero attached hydrogens (tertiary/aromatic N) is 3. The molecule has 2 aromatic heterocycles. The topological polar surface area (TPSA) is 132 Å². The summed E-state index contributed by atoms with van der Waals surface area (Å²) in [5, 5.41) is 26.2. The molecule has 0 aromatic carbocycles. The zero-order valence-electron chi connectivity index (χ0n) is 16.9. The van der Waals surface area contributed by atoms with E-state index in [4.69, 9.17) is 15.2 Å². The van der Waals surface area contributed by atoms with Crippen molar-refractivity contribution in [2.75, 3.05) is 5.73 Å². The Hall–Kier alpha value is -2.23. The average Bonchev–Trinajstić information content (AvgIpc) is 2.99. The van der Waals surface area contributed by atoms with Crippen LogP contribution in [-0.4, -0.2) is 54.7 Å². The van der Waals surface area contributed by atoms with Crippen molar-refractivity contribution in [1.29, 1.82) is 0 Å². The number of carbonyl (C=O) groups excluding carboxylic acids is 1. The van der Waals surface area contributed by atoms with Crippen molar-refractivity contribution in [2.24, 2.45) is 5.92 Å². The molecule has 5 atom stereocenters. The van der Waals surface area contributed by atoms with Crippen LogP contribution in [0.2, 0.25) is 0 Å². The van der Waals surface area contributed by atoms with Crippen LogP contribution in [0, 0.1) is 5.92 Å². The Labute approximate surface area is 168 Å². The summed E-state index contributed by atoms with van der Waals surface area (Å²) in [5.74, 6) is -0.240. The molecule has 4 N–H and O–H groups in total. The van der Waals surface area contributed by atoms with Crippen LogP contribution in [0.3, 0.4) is 0 Å². The van der Waals surface area contributed by atoms with E-state index in [1.165, 1.54) is 6.33 Å². The summed E-state index contributed by atoms with van der Waals surface area (Å²) in [7, 11) is 0. The van der Waals surface area contributed by atoms with Crippen molar-refractivity contribution >= 4 is 17.3 Å². The van der Waals surface area contributed by atoms with E-state index in [0.717, 1.165) is 25.7 Å². The molecule has 1 unspecified atom stereocenters. The molecule has 2 aromatic rings. The molecular weight excluding hydrogens is 376 g/mol. The van der Waals surface area contributed by atoms with Crippen molar-refractivity contribution in [2.45, 2.75) is 76.0 Å². The van der Waals surface area contributed by atoms with Gasteiger partial charge in [-0.05, 0) is 31.9 Å².